The van der Waals surface area contributed by atoms with Crippen molar-refractivity contribution < 1.29 is 0 Å². The van der Waals surface area contributed by atoms with Crippen LogP contribution < -0.4 is 5.32 Å². The maximum absolute atomic E-state index is 5.11. The quantitative estimate of drug-likeness (QED) is 0.614. The van der Waals surface area contributed by atoms with Crippen LogP contribution in [0.15, 0.2) is 54.0 Å². The van der Waals surface area contributed by atoms with Gasteiger partial charge in [-0.25, -0.2) is 4.98 Å². The van der Waals surface area contributed by atoms with Gasteiger partial charge in [0.15, 0.2) is 5.96 Å². The molecule has 2 heterocycles. The Hall–Kier alpha value is -2.30. The summed E-state index contributed by atoms with van der Waals surface area (Å²) in [7, 11) is 0. The predicted molar refractivity (Wildman–Crippen MR) is 114 cm³/mol. The van der Waals surface area contributed by atoms with E-state index in [0.29, 0.717) is 17.4 Å². The molecular weight excluding hydrogens is 346 g/mol. The van der Waals surface area contributed by atoms with Crippen molar-refractivity contribution >= 4 is 5.96 Å². The molecule has 0 amide bonds. The highest BCUT2D eigenvalue weighted by Gasteiger charge is 2.42. The highest BCUT2D eigenvalue weighted by molar-refractivity contribution is 5.80. The lowest BCUT2D eigenvalue weighted by Crippen LogP contribution is -2.49. The molecule has 0 radical (unpaired) electrons. The first-order chi connectivity index (χ1) is 13.7. The van der Waals surface area contributed by atoms with Crippen LogP contribution in [0, 0.1) is 11.3 Å². The van der Waals surface area contributed by atoms with Gasteiger partial charge in [-0.3, -0.25) is 4.99 Å². The molecular formula is C23H33N5. The van der Waals surface area contributed by atoms with Gasteiger partial charge in [0.05, 0.1) is 12.4 Å². The van der Waals surface area contributed by atoms with Gasteiger partial charge < -0.3 is 14.8 Å². The zero-order valence-corrected chi connectivity index (χ0v) is 17.2. The largest absolute Gasteiger partial charge is 0.357 e. The fraction of sp³-hybridized carbons (Fsp3) is 0.565. The summed E-state index contributed by atoms with van der Waals surface area (Å²) in [5.74, 6) is 1.74. The topological polar surface area (TPSA) is 45.5 Å². The number of guanidine groups is 1. The molecule has 5 heteroatoms. The van der Waals surface area contributed by atoms with Crippen molar-refractivity contribution in [3.8, 4) is 0 Å². The number of piperidine rings is 1. The maximum Gasteiger partial charge on any atom is 0.194 e. The second kappa shape index (κ2) is 8.38. The van der Waals surface area contributed by atoms with E-state index in [1.165, 1.54) is 24.8 Å². The van der Waals surface area contributed by atoms with Crippen LogP contribution in [0.1, 0.15) is 44.7 Å². The number of benzene rings is 1. The fourth-order valence-electron chi connectivity index (χ4n) is 4.36. The SMILES string of the molecule is CCNC(=NCC1(Cc2ccccc2)CC1)N1CCC(C)C(n2ccnc2)C1. The average molecular weight is 380 g/mol. The van der Waals surface area contributed by atoms with E-state index in [9.17, 15) is 0 Å². The summed E-state index contributed by atoms with van der Waals surface area (Å²) in [5.41, 5.74) is 1.81. The Morgan fingerprint density at radius 1 is 1.29 bits per heavy atom. The molecule has 1 saturated heterocycles. The van der Waals surface area contributed by atoms with Gasteiger partial charge in [0.1, 0.15) is 0 Å². The first-order valence-electron chi connectivity index (χ1n) is 10.7. The third kappa shape index (κ3) is 4.40. The molecule has 150 valence electrons. The molecule has 2 unspecified atom stereocenters. The monoisotopic (exact) mass is 379 g/mol. The van der Waals surface area contributed by atoms with Crippen LogP contribution in [-0.2, 0) is 6.42 Å². The van der Waals surface area contributed by atoms with Gasteiger partial charge in [-0.15, -0.1) is 0 Å². The highest BCUT2D eigenvalue weighted by atomic mass is 15.3. The summed E-state index contributed by atoms with van der Waals surface area (Å²) in [6.07, 6.45) is 10.8. The molecule has 1 aromatic carbocycles. The molecule has 2 aromatic rings. The molecule has 1 aromatic heterocycles. The molecule has 1 aliphatic heterocycles. The minimum Gasteiger partial charge on any atom is -0.357 e. The molecule has 0 bridgehead atoms. The summed E-state index contributed by atoms with van der Waals surface area (Å²) in [6, 6.07) is 11.3. The van der Waals surface area contributed by atoms with Gasteiger partial charge in [-0.05, 0) is 49.5 Å². The fourth-order valence-corrected chi connectivity index (χ4v) is 4.36. The summed E-state index contributed by atoms with van der Waals surface area (Å²) < 4.78 is 2.26. The lowest BCUT2D eigenvalue weighted by molar-refractivity contribution is 0.188. The van der Waals surface area contributed by atoms with E-state index in [-0.39, 0.29) is 0 Å². The summed E-state index contributed by atoms with van der Waals surface area (Å²) in [6.45, 7) is 8.41. The molecule has 2 aliphatic rings. The normalized spacial score (nSPS) is 24.2. The number of imidazole rings is 1. The standard InChI is InChI=1S/C23H33N5/c1-3-25-22(26-17-23(10-11-23)15-20-7-5-4-6-8-20)27-13-9-19(2)21(16-27)28-14-12-24-18-28/h4-8,12,14,18-19,21H,3,9-11,13,15-17H2,1-2H3,(H,25,26). The first kappa shape index (κ1) is 19.0. The number of hydrogen-bond acceptors (Lipinski definition) is 2. The number of nitrogens with zero attached hydrogens (tertiary/aromatic N) is 4. The second-order valence-corrected chi connectivity index (χ2v) is 8.62. The van der Waals surface area contributed by atoms with Crippen LogP contribution in [0.25, 0.3) is 0 Å². The summed E-state index contributed by atoms with van der Waals surface area (Å²) in [4.78, 5) is 11.8. The number of hydrogen-bond donors (Lipinski definition) is 1. The van der Waals surface area contributed by atoms with E-state index in [2.05, 4.69) is 70.1 Å². The molecule has 1 aliphatic carbocycles. The number of rotatable bonds is 6. The van der Waals surface area contributed by atoms with Crippen molar-refractivity contribution in [1.29, 1.82) is 0 Å². The molecule has 0 spiro atoms. The third-order valence-electron chi connectivity index (χ3n) is 6.40. The second-order valence-electron chi connectivity index (χ2n) is 8.62. The number of nitrogens with one attached hydrogen (secondary N) is 1. The van der Waals surface area contributed by atoms with E-state index in [1.807, 2.05) is 12.5 Å². The van der Waals surface area contributed by atoms with E-state index in [4.69, 9.17) is 4.99 Å². The van der Waals surface area contributed by atoms with Crippen LogP contribution in [0.4, 0.5) is 0 Å². The van der Waals surface area contributed by atoms with E-state index >= 15 is 0 Å². The molecule has 1 N–H and O–H groups in total. The zero-order chi connectivity index (χ0) is 19.4. The molecule has 4 rings (SSSR count). The summed E-state index contributed by atoms with van der Waals surface area (Å²) in [5, 5.41) is 3.55. The van der Waals surface area contributed by atoms with Crippen LogP contribution in [0.3, 0.4) is 0 Å². The molecule has 2 fully saturated rings. The van der Waals surface area contributed by atoms with E-state index in [1.54, 1.807) is 0 Å². The van der Waals surface area contributed by atoms with Crippen molar-refractivity contribution in [2.75, 3.05) is 26.2 Å². The van der Waals surface area contributed by atoms with Crippen molar-refractivity contribution in [3.05, 3.63) is 54.6 Å². The Labute approximate surface area is 168 Å². The summed E-state index contributed by atoms with van der Waals surface area (Å²) >= 11 is 0. The van der Waals surface area contributed by atoms with Gasteiger partial charge in [0.25, 0.3) is 0 Å². The van der Waals surface area contributed by atoms with E-state index in [0.717, 1.165) is 38.6 Å². The van der Waals surface area contributed by atoms with Crippen LogP contribution >= 0.6 is 0 Å². The van der Waals surface area contributed by atoms with Crippen molar-refractivity contribution in [2.45, 2.75) is 45.6 Å². The Balaban J connectivity index is 1.44. The molecule has 5 nitrogen and oxygen atoms in total. The molecule has 2 atom stereocenters. The first-order valence-corrected chi connectivity index (χ1v) is 10.7. The van der Waals surface area contributed by atoms with Gasteiger partial charge in [-0.2, -0.15) is 0 Å². The average Bonchev–Trinajstić information content (AvgIpc) is 3.25. The van der Waals surface area contributed by atoms with Gasteiger partial charge in [-0.1, -0.05) is 37.3 Å². The Kier molecular flexibility index (Phi) is 5.69. The van der Waals surface area contributed by atoms with Gasteiger partial charge in [0.2, 0.25) is 0 Å². The minimum absolute atomic E-state index is 0.370. The van der Waals surface area contributed by atoms with Gasteiger partial charge >= 0.3 is 0 Å². The van der Waals surface area contributed by atoms with Crippen LogP contribution in [0.2, 0.25) is 0 Å². The molecule has 28 heavy (non-hydrogen) atoms. The lowest BCUT2D eigenvalue weighted by Gasteiger charge is -2.39. The maximum atomic E-state index is 5.11. The predicted octanol–water partition coefficient (Wildman–Crippen LogP) is 3.75. The van der Waals surface area contributed by atoms with Gasteiger partial charge in [0, 0.05) is 38.6 Å². The number of aromatic nitrogens is 2. The number of likely N-dealkylation sites (tertiary alicyclic amines) is 1. The minimum atomic E-state index is 0.370. The van der Waals surface area contributed by atoms with Crippen molar-refractivity contribution in [1.82, 2.24) is 19.8 Å². The van der Waals surface area contributed by atoms with Crippen LogP contribution in [-0.4, -0.2) is 46.6 Å². The third-order valence-corrected chi connectivity index (χ3v) is 6.40. The van der Waals surface area contributed by atoms with Crippen LogP contribution in [0.5, 0.6) is 0 Å². The molecule has 1 saturated carbocycles. The Morgan fingerprint density at radius 2 is 2.11 bits per heavy atom. The smallest absolute Gasteiger partial charge is 0.194 e. The van der Waals surface area contributed by atoms with Crippen molar-refractivity contribution in [2.24, 2.45) is 16.3 Å². The highest BCUT2D eigenvalue weighted by Crippen LogP contribution is 2.48. The Morgan fingerprint density at radius 3 is 2.79 bits per heavy atom. The number of aliphatic imine (C=N–C) groups is 1. The van der Waals surface area contributed by atoms with E-state index < -0.39 is 0 Å². The lowest BCUT2D eigenvalue weighted by atomic mass is 9.93. The zero-order valence-electron chi connectivity index (χ0n) is 17.2. The Bertz CT molecular complexity index is 764. The van der Waals surface area contributed by atoms with Crippen molar-refractivity contribution in [3.63, 3.8) is 0 Å².